The molecule has 0 amide bonds. The van der Waals surface area contributed by atoms with Gasteiger partial charge in [-0.3, -0.25) is 9.69 Å². The Morgan fingerprint density at radius 2 is 2.17 bits per heavy atom. The summed E-state index contributed by atoms with van der Waals surface area (Å²) >= 11 is 0. The Balaban J connectivity index is 1.44. The van der Waals surface area contributed by atoms with E-state index in [9.17, 15) is 4.79 Å². The van der Waals surface area contributed by atoms with Crippen LogP contribution in [0.3, 0.4) is 0 Å². The zero-order valence-electron chi connectivity index (χ0n) is 11.4. The van der Waals surface area contributed by atoms with Crippen molar-refractivity contribution in [2.75, 3.05) is 33.4 Å². The van der Waals surface area contributed by atoms with Crippen LogP contribution in [0.2, 0.25) is 0 Å². The Morgan fingerprint density at radius 3 is 2.78 bits per heavy atom. The lowest BCUT2D eigenvalue weighted by Crippen LogP contribution is -2.35. The first-order valence-electron chi connectivity index (χ1n) is 7.51. The molecule has 3 heteroatoms. The predicted molar refractivity (Wildman–Crippen MR) is 70.4 cm³/mol. The van der Waals surface area contributed by atoms with Crippen LogP contribution in [-0.4, -0.2) is 44.0 Å². The maximum absolute atomic E-state index is 12.1. The molecule has 2 bridgehead atoms. The van der Waals surface area contributed by atoms with Crippen molar-refractivity contribution in [2.24, 2.45) is 23.7 Å². The Hall–Kier alpha value is -0.410. The Morgan fingerprint density at radius 1 is 1.28 bits per heavy atom. The number of carbonyl (C=O) groups excluding carboxylic acids is 1. The minimum atomic E-state index is 0.174. The number of Topliss-reactive ketones (excluding diaryl/α,β-unsaturated/α-hetero) is 1. The molecule has 1 heterocycles. The number of rotatable bonds is 5. The molecule has 102 valence electrons. The second-order valence-electron chi connectivity index (χ2n) is 6.66. The monoisotopic (exact) mass is 251 g/mol. The molecule has 4 atom stereocenters. The number of hydrogen-bond donors (Lipinski definition) is 0. The minimum Gasteiger partial charge on any atom is -0.381 e. The largest absolute Gasteiger partial charge is 0.381 e. The van der Waals surface area contributed by atoms with E-state index in [4.69, 9.17) is 4.74 Å². The Labute approximate surface area is 110 Å². The van der Waals surface area contributed by atoms with Gasteiger partial charge in [0.25, 0.3) is 0 Å². The van der Waals surface area contributed by atoms with E-state index in [1.165, 1.54) is 25.7 Å². The van der Waals surface area contributed by atoms with Gasteiger partial charge < -0.3 is 4.74 Å². The van der Waals surface area contributed by atoms with E-state index < -0.39 is 0 Å². The molecule has 1 saturated heterocycles. The number of likely N-dealkylation sites (N-methyl/N-ethyl adjacent to an activating group) is 1. The van der Waals surface area contributed by atoms with Gasteiger partial charge in [0, 0.05) is 19.1 Å². The second-order valence-corrected chi connectivity index (χ2v) is 6.66. The van der Waals surface area contributed by atoms with E-state index in [-0.39, 0.29) is 5.92 Å². The van der Waals surface area contributed by atoms with Crippen LogP contribution in [0.5, 0.6) is 0 Å². The fraction of sp³-hybridized carbons (Fsp3) is 0.933. The van der Waals surface area contributed by atoms with Crippen molar-refractivity contribution >= 4 is 5.78 Å². The van der Waals surface area contributed by atoms with Crippen molar-refractivity contribution in [3.8, 4) is 0 Å². The van der Waals surface area contributed by atoms with E-state index in [2.05, 4.69) is 11.9 Å². The van der Waals surface area contributed by atoms with Crippen LogP contribution in [0.25, 0.3) is 0 Å². The summed E-state index contributed by atoms with van der Waals surface area (Å²) in [4.78, 5) is 14.3. The summed E-state index contributed by atoms with van der Waals surface area (Å²) in [6.07, 6.45) is 6.70. The average Bonchev–Trinajstić information content (AvgIpc) is 3.06. The summed E-state index contributed by atoms with van der Waals surface area (Å²) in [7, 11) is 2.11. The van der Waals surface area contributed by atoms with Gasteiger partial charge in [-0.25, -0.2) is 0 Å². The molecule has 1 aliphatic heterocycles. The number of nitrogens with zero attached hydrogens (tertiary/aromatic N) is 1. The van der Waals surface area contributed by atoms with Crippen LogP contribution in [-0.2, 0) is 9.53 Å². The molecular formula is C15H25NO2. The summed E-state index contributed by atoms with van der Waals surface area (Å²) in [5, 5.41) is 0. The maximum Gasteiger partial charge on any atom is 0.152 e. The highest BCUT2D eigenvalue weighted by molar-refractivity contribution is 5.83. The van der Waals surface area contributed by atoms with Crippen LogP contribution in [0.15, 0.2) is 0 Å². The van der Waals surface area contributed by atoms with Crippen molar-refractivity contribution in [1.29, 1.82) is 0 Å². The van der Waals surface area contributed by atoms with Gasteiger partial charge in [0.05, 0.1) is 13.2 Å². The topological polar surface area (TPSA) is 29.5 Å². The first-order valence-corrected chi connectivity index (χ1v) is 7.51. The lowest BCUT2D eigenvalue weighted by molar-refractivity contribution is -0.123. The molecule has 0 aromatic carbocycles. The Bertz CT molecular complexity index is 312. The second kappa shape index (κ2) is 5.30. The minimum absolute atomic E-state index is 0.174. The number of ether oxygens (including phenoxy) is 1. The number of hydrogen-bond acceptors (Lipinski definition) is 3. The van der Waals surface area contributed by atoms with Crippen molar-refractivity contribution in [2.45, 2.75) is 32.1 Å². The fourth-order valence-corrected chi connectivity index (χ4v) is 4.25. The molecule has 3 rings (SSSR count). The van der Waals surface area contributed by atoms with Gasteiger partial charge in [-0.05, 0) is 50.5 Å². The Kier molecular flexibility index (Phi) is 3.71. The van der Waals surface area contributed by atoms with Crippen molar-refractivity contribution < 1.29 is 9.53 Å². The van der Waals surface area contributed by atoms with Crippen molar-refractivity contribution in [1.82, 2.24) is 4.90 Å². The van der Waals surface area contributed by atoms with Crippen molar-refractivity contribution in [3.05, 3.63) is 0 Å². The molecule has 0 aromatic rings. The van der Waals surface area contributed by atoms with Gasteiger partial charge in [0.2, 0.25) is 0 Å². The first kappa shape index (κ1) is 12.6. The quantitative estimate of drug-likeness (QED) is 0.748. The molecule has 18 heavy (non-hydrogen) atoms. The van der Waals surface area contributed by atoms with E-state index in [1.54, 1.807) is 0 Å². The molecular weight excluding hydrogens is 226 g/mol. The van der Waals surface area contributed by atoms with Gasteiger partial charge in [-0.15, -0.1) is 0 Å². The third-order valence-electron chi connectivity index (χ3n) is 5.24. The first-order chi connectivity index (χ1) is 8.72. The van der Waals surface area contributed by atoms with Crippen LogP contribution in [0.1, 0.15) is 32.1 Å². The fourth-order valence-electron chi connectivity index (χ4n) is 4.25. The number of fused-ring (bicyclic) bond motifs is 2. The molecule has 0 aromatic heterocycles. The zero-order chi connectivity index (χ0) is 12.5. The normalized spacial score (nSPS) is 38.8. The molecule has 3 aliphatic rings. The van der Waals surface area contributed by atoms with Crippen LogP contribution in [0, 0.1) is 23.7 Å². The highest BCUT2D eigenvalue weighted by Crippen LogP contribution is 2.48. The molecule has 0 spiro atoms. The molecule has 3 fully saturated rings. The maximum atomic E-state index is 12.1. The summed E-state index contributed by atoms with van der Waals surface area (Å²) in [6.45, 7) is 3.18. The lowest BCUT2D eigenvalue weighted by atomic mass is 9.88. The van der Waals surface area contributed by atoms with Gasteiger partial charge in [-0.2, -0.15) is 0 Å². The smallest absolute Gasteiger partial charge is 0.152 e. The summed E-state index contributed by atoms with van der Waals surface area (Å²) in [5.41, 5.74) is 0. The predicted octanol–water partition coefficient (Wildman–Crippen LogP) is 1.96. The summed E-state index contributed by atoms with van der Waals surface area (Å²) in [5.74, 6) is 3.39. The highest BCUT2D eigenvalue weighted by Gasteiger charge is 2.39. The van der Waals surface area contributed by atoms with Gasteiger partial charge in [0.1, 0.15) is 0 Å². The van der Waals surface area contributed by atoms with Crippen LogP contribution < -0.4 is 0 Å². The third kappa shape index (κ3) is 2.62. The van der Waals surface area contributed by atoms with Crippen LogP contribution in [0.4, 0.5) is 0 Å². The van der Waals surface area contributed by atoms with Gasteiger partial charge >= 0.3 is 0 Å². The number of carbonyl (C=O) groups is 1. The van der Waals surface area contributed by atoms with E-state index >= 15 is 0 Å². The third-order valence-corrected chi connectivity index (χ3v) is 5.24. The molecule has 2 aliphatic carbocycles. The summed E-state index contributed by atoms with van der Waals surface area (Å²) < 4.78 is 5.29. The summed E-state index contributed by atoms with van der Waals surface area (Å²) in [6, 6.07) is 0. The van der Waals surface area contributed by atoms with E-state index in [0.29, 0.717) is 18.9 Å². The van der Waals surface area contributed by atoms with E-state index in [1.807, 2.05) is 0 Å². The SMILES string of the molecule is CN(CC(=O)C1CCOC1)CC1CC2CCC1C2. The molecule has 4 unspecified atom stereocenters. The standard InChI is InChI=1S/C15H25NO2/c1-16(9-15(17)13-4-5-18-10-13)8-14-7-11-2-3-12(14)6-11/h11-14H,2-10H2,1H3. The molecule has 3 nitrogen and oxygen atoms in total. The molecule has 0 radical (unpaired) electrons. The van der Waals surface area contributed by atoms with Gasteiger partial charge in [0.15, 0.2) is 5.78 Å². The lowest BCUT2D eigenvalue weighted by Gasteiger charge is -2.27. The number of ketones is 1. The zero-order valence-corrected chi connectivity index (χ0v) is 11.4. The molecule has 0 N–H and O–H groups in total. The molecule has 2 saturated carbocycles. The van der Waals surface area contributed by atoms with Crippen molar-refractivity contribution in [3.63, 3.8) is 0 Å². The van der Waals surface area contributed by atoms with E-state index in [0.717, 1.165) is 37.3 Å². The highest BCUT2D eigenvalue weighted by atomic mass is 16.5. The van der Waals surface area contributed by atoms with Crippen LogP contribution >= 0.6 is 0 Å². The average molecular weight is 251 g/mol. The van der Waals surface area contributed by atoms with Gasteiger partial charge in [-0.1, -0.05) is 6.42 Å².